The Morgan fingerprint density at radius 1 is 1.09 bits per heavy atom. The van der Waals surface area contributed by atoms with E-state index in [0.29, 0.717) is 24.7 Å². The molecule has 1 aliphatic rings. The average Bonchev–Trinajstić information content (AvgIpc) is 2.59. The van der Waals surface area contributed by atoms with Crippen LogP contribution in [0.3, 0.4) is 0 Å². The molecular weight excluding hydrogens is 280 g/mol. The number of hydrogen-bond donors (Lipinski definition) is 1. The van der Waals surface area contributed by atoms with Crippen molar-refractivity contribution < 1.29 is 14.3 Å². The van der Waals surface area contributed by atoms with Gasteiger partial charge in [0.2, 0.25) is 5.91 Å². The van der Waals surface area contributed by atoms with Crippen LogP contribution in [0.25, 0.3) is 0 Å². The first-order chi connectivity index (χ1) is 10.8. The van der Waals surface area contributed by atoms with E-state index in [-0.39, 0.29) is 12.5 Å². The SMILES string of the molecule is CN(C(=O)CNc1cccc2c1OCCO2)c1ccccc1. The van der Waals surface area contributed by atoms with Crippen molar-refractivity contribution in [2.24, 2.45) is 0 Å². The zero-order valence-corrected chi connectivity index (χ0v) is 12.4. The van der Waals surface area contributed by atoms with E-state index in [1.807, 2.05) is 48.5 Å². The number of likely N-dealkylation sites (N-methyl/N-ethyl adjacent to an activating group) is 1. The van der Waals surface area contributed by atoms with E-state index in [4.69, 9.17) is 9.47 Å². The van der Waals surface area contributed by atoms with Gasteiger partial charge in [-0.05, 0) is 24.3 Å². The Morgan fingerprint density at radius 2 is 1.86 bits per heavy atom. The van der Waals surface area contributed by atoms with E-state index in [1.165, 1.54) is 0 Å². The molecule has 0 fully saturated rings. The second-order valence-electron chi connectivity index (χ2n) is 4.97. The van der Waals surface area contributed by atoms with Crippen LogP contribution in [0.5, 0.6) is 11.5 Å². The van der Waals surface area contributed by atoms with Gasteiger partial charge in [0.1, 0.15) is 13.2 Å². The lowest BCUT2D eigenvalue weighted by Crippen LogP contribution is -2.32. The van der Waals surface area contributed by atoms with E-state index < -0.39 is 0 Å². The van der Waals surface area contributed by atoms with Gasteiger partial charge in [-0.15, -0.1) is 0 Å². The molecule has 2 aromatic carbocycles. The normalized spacial score (nSPS) is 12.6. The molecule has 2 aromatic rings. The highest BCUT2D eigenvalue weighted by molar-refractivity contribution is 5.95. The third kappa shape index (κ3) is 2.98. The molecule has 1 heterocycles. The summed E-state index contributed by atoms with van der Waals surface area (Å²) in [5, 5.41) is 3.13. The van der Waals surface area contributed by atoms with Crippen molar-refractivity contribution in [1.82, 2.24) is 0 Å². The zero-order chi connectivity index (χ0) is 15.4. The Hall–Kier alpha value is -2.69. The van der Waals surface area contributed by atoms with Crippen molar-refractivity contribution in [2.75, 3.05) is 37.0 Å². The standard InChI is InChI=1S/C17H18N2O3/c1-19(13-6-3-2-4-7-13)16(20)12-18-14-8-5-9-15-17(14)22-11-10-21-15/h2-9,18H,10-12H2,1H3. The van der Waals surface area contributed by atoms with Gasteiger partial charge < -0.3 is 19.7 Å². The average molecular weight is 298 g/mol. The molecule has 5 nitrogen and oxygen atoms in total. The van der Waals surface area contributed by atoms with E-state index >= 15 is 0 Å². The van der Waals surface area contributed by atoms with Crippen molar-refractivity contribution in [3.8, 4) is 11.5 Å². The molecule has 0 saturated carbocycles. The Balaban J connectivity index is 1.67. The fourth-order valence-electron chi connectivity index (χ4n) is 2.30. The molecule has 1 N–H and O–H groups in total. The van der Waals surface area contributed by atoms with E-state index in [9.17, 15) is 4.79 Å². The van der Waals surface area contributed by atoms with Crippen molar-refractivity contribution in [3.63, 3.8) is 0 Å². The van der Waals surface area contributed by atoms with Crippen molar-refractivity contribution in [3.05, 3.63) is 48.5 Å². The molecule has 0 radical (unpaired) electrons. The van der Waals surface area contributed by atoms with Crippen molar-refractivity contribution >= 4 is 17.3 Å². The van der Waals surface area contributed by atoms with Crippen LogP contribution >= 0.6 is 0 Å². The lowest BCUT2D eigenvalue weighted by atomic mass is 10.2. The fourth-order valence-corrected chi connectivity index (χ4v) is 2.30. The lowest BCUT2D eigenvalue weighted by molar-refractivity contribution is -0.116. The number of ether oxygens (including phenoxy) is 2. The smallest absolute Gasteiger partial charge is 0.246 e. The summed E-state index contributed by atoms with van der Waals surface area (Å²) in [6, 6.07) is 15.2. The van der Waals surface area contributed by atoms with Crippen molar-refractivity contribution in [1.29, 1.82) is 0 Å². The van der Waals surface area contributed by atoms with E-state index in [1.54, 1.807) is 11.9 Å². The molecule has 5 heteroatoms. The van der Waals surface area contributed by atoms with Crippen LogP contribution in [-0.2, 0) is 4.79 Å². The minimum Gasteiger partial charge on any atom is -0.486 e. The number of nitrogens with one attached hydrogen (secondary N) is 1. The maximum absolute atomic E-state index is 12.3. The first-order valence-electron chi connectivity index (χ1n) is 7.20. The predicted molar refractivity (Wildman–Crippen MR) is 85.8 cm³/mol. The number of amides is 1. The van der Waals surface area contributed by atoms with E-state index in [2.05, 4.69) is 5.32 Å². The van der Waals surface area contributed by atoms with Crippen LogP contribution in [0, 0.1) is 0 Å². The molecule has 1 aliphatic heterocycles. The summed E-state index contributed by atoms with van der Waals surface area (Å²) in [6.45, 7) is 1.25. The lowest BCUT2D eigenvalue weighted by Gasteiger charge is -2.22. The number of carbonyl (C=O) groups excluding carboxylic acids is 1. The van der Waals surface area contributed by atoms with Crippen molar-refractivity contribution in [2.45, 2.75) is 0 Å². The van der Waals surface area contributed by atoms with Crippen LogP contribution < -0.4 is 19.7 Å². The van der Waals surface area contributed by atoms with Gasteiger partial charge in [0.15, 0.2) is 11.5 Å². The highest BCUT2D eigenvalue weighted by Gasteiger charge is 2.17. The van der Waals surface area contributed by atoms with Gasteiger partial charge in [0.05, 0.1) is 12.2 Å². The third-order valence-corrected chi connectivity index (χ3v) is 3.51. The minimum atomic E-state index is -0.0273. The summed E-state index contributed by atoms with van der Waals surface area (Å²) in [5.41, 5.74) is 1.64. The second kappa shape index (κ2) is 6.39. The van der Waals surface area contributed by atoms with Crippen LogP contribution in [0.15, 0.2) is 48.5 Å². The van der Waals surface area contributed by atoms with Crippen LogP contribution in [-0.4, -0.2) is 32.7 Å². The first kappa shape index (κ1) is 14.3. The van der Waals surface area contributed by atoms with Gasteiger partial charge >= 0.3 is 0 Å². The summed E-state index contributed by atoms with van der Waals surface area (Å²) in [5.74, 6) is 1.35. The molecule has 22 heavy (non-hydrogen) atoms. The summed E-state index contributed by atoms with van der Waals surface area (Å²) < 4.78 is 11.1. The van der Waals surface area contributed by atoms with Gasteiger partial charge in [-0.2, -0.15) is 0 Å². The highest BCUT2D eigenvalue weighted by Crippen LogP contribution is 2.37. The molecule has 0 aliphatic carbocycles. The molecule has 3 rings (SSSR count). The van der Waals surface area contributed by atoms with Crippen LogP contribution in [0.2, 0.25) is 0 Å². The summed E-state index contributed by atoms with van der Waals surface area (Å²) in [7, 11) is 1.76. The number of anilines is 2. The first-order valence-corrected chi connectivity index (χ1v) is 7.20. The van der Waals surface area contributed by atoms with Gasteiger partial charge in [-0.25, -0.2) is 0 Å². The van der Waals surface area contributed by atoms with Crippen LogP contribution in [0.1, 0.15) is 0 Å². The summed E-state index contributed by atoms with van der Waals surface area (Å²) >= 11 is 0. The predicted octanol–water partition coefficient (Wildman–Crippen LogP) is 2.53. The minimum absolute atomic E-state index is 0.0273. The highest BCUT2D eigenvalue weighted by atomic mass is 16.6. The Morgan fingerprint density at radius 3 is 2.68 bits per heavy atom. The van der Waals surface area contributed by atoms with Gasteiger partial charge in [0, 0.05) is 12.7 Å². The molecular formula is C17H18N2O3. The Labute approximate surface area is 129 Å². The topological polar surface area (TPSA) is 50.8 Å². The quantitative estimate of drug-likeness (QED) is 0.942. The van der Waals surface area contributed by atoms with Gasteiger partial charge in [-0.1, -0.05) is 24.3 Å². The number of benzene rings is 2. The largest absolute Gasteiger partial charge is 0.486 e. The zero-order valence-electron chi connectivity index (χ0n) is 12.4. The number of fused-ring (bicyclic) bond motifs is 1. The molecule has 0 aromatic heterocycles. The number of nitrogens with zero attached hydrogens (tertiary/aromatic N) is 1. The Kier molecular flexibility index (Phi) is 4.14. The third-order valence-electron chi connectivity index (χ3n) is 3.51. The molecule has 0 atom stereocenters. The maximum atomic E-state index is 12.3. The van der Waals surface area contributed by atoms with Gasteiger partial charge in [0.25, 0.3) is 0 Å². The second-order valence-corrected chi connectivity index (χ2v) is 4.97. The monoisotopic (exact) mass is 298 g/mol. The molecule has 0 spiro atoms. The Bertz CT molecular complexity index is 658. The number of rotatable bonds is 4. The summed E-state index contributed by atoms with van der Waals surface area (Å²) in [6.07, 6.45) is 0. The molecule has 1 amide bonds. The molecule has 0 saturated heterocycles. The maximum Gasteiger partial charge on any atom is 0.246 e. The molecule has 0 unspecified atom stereocenters. The van der Waals surface area contributed by atoms with Crippen LogP contribution in [0.4, 0.5) is 11.4 Å². The van der Waals surface area contributed by atoms with E-state index in [0.717, 1.165) is 11.4 Å². The fraction of sp³-hybridized carbons (Fsp3) is 0.235. The summed E-state index contributed by atoms with van der Waals surface area (Å²) in [4.78, 5) is 13.9. The number of carbonyl (C=O) groups is 1. The molecule has 0 bridgehead atoms. The van der Waals surface area contributed by atoms with Gasteiger partial charge in [-0.3, -0.25) is 4.79 Å². The molecule has 114 valence electrons. The number of para-hydroxylation sites is 2. The number of hydrogen-bond acceptors (Lipinski definition) is 4.